The average molecular weight is 265 g/mol. The number of aliphatic hydroxyl groups excluding tert-OH is 1. The molecule has 1 aliphatic rings. The summed E-state index contributed by atoms with van der Waals surface area (Å²) in [6.45, 7) is 0.188. The first-order valence-electron chi connectivity index (χ1n) is 6.65. The topological polar surface area (TPSA) is 53.2 Å². The van der Waals surface area contributed by atoms with Gasteiger partial charge in [-0.15, -0.1) is 0 Å². The molecule has 2 aromatic carbocycles. The molecule has 0 aliphatic heterocycles. The third kappa shape index (κ3) is 2.38. The van der Waals surface area contributed by atoms with E-state index in [2.05, 4.69) is 6.07 Å². The van der Waals surface area contributed by atoms with Crippen LogP contribution in [-0.2, 0) is 5.41 Å². The molecule has 20 heavy (non-hydrogen) atoms. The molecule has 3 rings (SSSR count). The number of nitriles is 1. The Labute approximate surface area is 118 Å². The van der Waals surface area contributed by atoms with Gasteiger partial charge < -0.3 is 9.84 Å². The molecule has 0 radical (unpaired) electrons. The highest BCUT2D eigenvalue weighted by Gasteiger charge is 2.43. The Bertz CT molecular complexity index is 651. The van der Waals surface area contributed by atoms with Crippen molar-refractivity contribution in [3.8, 4) is 17.6 Å². The van der Waals surface area contributed by atoms with Gasteiger partial charge in [-0.1, -0.05) is 12.1 Å². The third-order valence-corrected chi connectivity index (χ3v) is 3.82. The van der Waals surface area contributed by atoms with Crippen molar-refractivity contribution < 1.29 is 9.84 Å². The molecule has 1 fully saturated rings. The van der Waals surface area contributed by atoms with E-state index in [-0.39, 0.29) is 12.0 Å². The van der Waals surface area contributed by atoms with E-state index < -0.39 is 0 Å². The van der Waals surface area contributed by atoms with Crippen molar-refractivity contribution in [2.45, 2.75) is 18.3 Å². The molecule has 0 heterocycles. The van der Waals surface area contributed by atoms with Crippen molar-refractivity contribution >= 4 is 0 Å². The van der Waals surface area contributed by atoms with Gasteiger partial charge >= 0.3 is 0 Å². The maximum absolute atomic E-state index is 9.48. The normalized spacial score (nSPS) is 15.4. The van der Waals surface area contributed by atoms with Gasteiger partial charge in [0.15, 0.2) is 0 Å². The maximum atomic E-state index is 9.48. The van der Waals surface area contributed by atoms with Gasteiger partial charge in [0.05, 0.1) is 18.2 Å². The minimum absolute atomic E-state index is 0.0516. The third-order valence-electron chi connectivity index (χ3n) is 3.82. The van der Waals surface area contributed by atoms with Crippen LogP contribution in [0.5, 0.6) is 11.5 Å². The second-order valence-corrected chi connectivity index (χ2v) is 5.20. The number of benzene rings is 2. The Morgan fingerprint density at radius 1 is 1.10 bits per heavy atom. The summed E-state index contributed by atoms with van der Waals surface area (Å²) in [5.74, 6) is 1.46. The van der Waals surface area contributed by atoms with Crippen molar-refractivity contribution in [3.05, 3.63) is 59.7 Å². The Hall–Kier alpha value is -2.31. The molecule has 0 spiro atoms. The molecule has 100 valence electrons. The molecule has 0 atom stereocenters. The molecule has 1 saturated carbocycles. The van der Waals surface area contributed by atoms with Crippen LogP contribution >= 0.6 is 0 Å². The minimum atomic E-state index is -0.0516. The molecule has 0 unspecified atom stereocenters. The summed E-state index contributed by atoms with van der Waals surface area (Å²) >= 11 is 0. The zero-order chi connectivity index (χ0) is 14.0. The summed E-state index contributed by atoms with van der Waals surface area (Å²) in [4.78, 5) is 0. The Morgan fingerprint density at radius 3 is 2.45 bits per heavy atom. The molecule has 0 bridgehead atoms. The highest BCUT2D eigenvalue weighted by Crippen LogP contribution is 2.48. The number of rotatable bonds is 4. The van der Waals surface area contributed by atoms with Crippen molar-refractivity contribution in [2.24, 2.45) is 0 Å². The molecule has 1 N–H and O–H groups in total. The maximum Gasteiger partial charge on any atom is 0.127 e. The largest absolute Gasteiger partial charge is 0.457 e. The minimum Gasteiger partial charge on any atom is -0.457 e. The predicted octanol–water partition coefficient (Wildman–Crippen LogP) is 3.37. The summed E-state index contributed by atoms with van der Waals surface area (Å²) < 4.78 is 5.79. The Kier molecular flexibility index (Phi) is 3.17. The quantitative estimate of drug-likeness (QED) is 0.922. The van der Waals surface area contributed by atoms with E-state index in [9.17, 15) is 5.11 Å². The Morgan fingerprint density at radius 2 is 1.85 bits per heavy atom. The fourth-order valence-corrected chi connectivity index (χ4v) is 2.31. The molecule has 0 amide bonds. The first-order valence-corrected chi connectivity index (χ1v) is 6.65. The van der Waals surface area contributed by atoms with Crippen LogP contribution in [0.2, 0.25) is 0 Å². The van der Waals surface area contributed by atoms with Crippen LogP contribution in [0, 0.1) is 11.3 Å². The second-order valence-electron chi connectivity index (χ2n) is 5.20. The highest BCUT2D eigenvalue weighted by atomic mass is 16.5. The van der Waals surface area contributed by atoms with Crippen molar-refractivity contribution in [1.29, 1.82) is 5.26 Å². The lowest BCUT2D eigenvalue weighted by molar-refractivity contribution is 0.255. The van der Waals surface area contributed by atoms with Crippen LogP contribution in [0.15, 0.2) is 48.5 Å². The number of aliphatic hydroxyl groups is 1. The second kappa shape index (κ2) is 4.99. The molecular formula is C17H15NO2. The fraction of sp³-hybridized carbons (Fsp3) is 0.235. The monoisotopic (exact) mass is 265 g/mol. The SMILES string of the molecule is N#Cc1ccc(Oc2cccc(C3(CO)CC3)c2)cc1. The first kappa shape index (κ1) is 12.7. The molecule has 3 nitrogen and oxygen atoms in total. The zero-order valence-corrected chi connectivity index (χ0v) is 11.0. The van der Waals surface area contributed by atoms with Crippen molar-refractivity contribution in [2.75, 3.05) is 6.61 Å². The first-order chi connectivity index (χ1) is 9.75. The number of hydrogen-bond acceptors (Lipinski definition) is 3. The number of hydrogen-bond donors (Lipinski definition) is 1. The molecule has 0 aromatic heterocycles. The van der Waals surface area contributed by atoms with Crippen LogP contribution in [-0.4, -0.2) is 11.7 Å². The average Bonchev–Trinajstić information content (AvgIpc) is 3.30. The van der Waals surface area contributed by atoms with Gasteiger partial charge in [-0.05, 0) is 54.8 Å². The van der Waals surface area contributed by atoms with E-state index in [1.807, 2.05) is 24.3 Å². The van der Waals surface area contributed by atoms with Gasteiger partial charge in [-0.2, -0.15) is 5.26 Å². The van der Waals surface area contributed by atoms with Crippen molar-refractivity contribution in [1.82, 2.24) is 0 Å². The van der Waals surface area contributed by atoms with E-state index in [1.165, 1.54) is 0 Å². The molecule has 3 heteroatoms. The molecule has 1 aliphatic carbocycles. The van der Waals surface area contributed by atoms with Crippen LogP contribution in [0.1, 0.15) is 24.0 Å². The summed E-state index contributed by atoms with van der Waals surface area (Å²) in [5.41, 5.74) is 1.69. The lowest BCUT2D eigenvalue weighted by Crippen LogP contribution is -2.11. The fourth-order valence-electron chi connectivity index (χ4n) is 2.31. The van der Waals surface area contributed by atoms with Gasteiger partial charge in [-0.25, -0.2) is 0 Å². The van der Waals surface area contributed by atoms with E-state index >= 15 is 0 Å². The molecular weight excluding hydrogens is 250 g/mol. The Balaban J connectivity index is 1.80. The lowest BCUT2D eigenvalue weighted by atomic mass is 9.97. The van der Waals surface area contributed by atoms with Gasteiger partial charge in [0.2, 0.25) is 0 Å². The van der Waals surface area contributed by atoms with Gasteiger partial charge in [0.25, 0.3) is 0 Å². The van der Waals surface area contributed by atoms with Crippen LogP contribution in [0.25, 0.3) is 0 Å². The number of nitrogens with zero attached hydrogens (tertiary/aromatic N) is 1. The van der Waals surface area contributed by atoms with Crippen LogP contribution in [0.3, 0.4) is 0 Å². The summed E-state index contributed by atoms with van der Waals surface area (Å²) in [6, 6.07) is 17.0. The van der Waals surface area contributed by atoms with Gasteiger partial charge in [-0.3, -0.25) is 0 Å². The van der Waals surface area contributed by atoms with Crippen LogP contribution < -0.4 is 4.74 Å². The van der Waals surface area contributed by atoms with Gasteiger partial charge in [0.1, 0.15) is 11.5 Å². The van der Waals surface area contributed by atoms with E-state index in [0.29, 0.717) is 11.3 Å². The highest BCUT2D eigenvalue weighted by molar-refractivity contribution is 5.41. The summed E-state index contributed by atoms with van der Waals surface area (Å²) in [6.07, 6.45) is 2.06. The molecule has 2 aromatic rings. The summed E-state index contributed by atoms with van der Waals surface area (Å²) in [7, 11) is 0. The van der Waals surface area contributed by atoms with E-state index in [4.69, 9.17) is 10.00 Å². The molecule has 0 saturated heterocycles. The lowest BCUT2D eigenvalue weighted by Gasteiger charge is -2.14. The smallest absolute Gasteiger partial charge is 0.127 e. The van der Waals surface area contributed by atoms with E-state index in [1.54, 1.807) is 24.3 Å². The predicted molar refractivity (Wildman–Crippen MR) is 75.7 cm³/mol. The van der Waals surface area contributed by atoms with E-state index in [0.717, 1.165) is 24.2 Å². The van der Waals surface area contributed by atoms with Crippen molar-refractivity contribution in [3.63, 3.8) is 0 Å². The number of ether oxygens (including phenoxy) is 1. The van der Waals surface area contributed by atoms with Gasteiger partial charge in [0, 0.05) is 5.41 Å². The standard InChI is InChI=1S/C17H15NO2/c18-11-13-4-6-15(7-5-13)20-16-3-1-2-14(10-16)17(12-19)8-9-17/h1-7,10,19H,8-9,12H2. The summed E-state index contributed by atoms with van der Waals surface area (Å²) in [5, 5.41) is 18.2. The van der Waals surface area contributed by atoms with Crippen LogP contribution in [0.4, 0.5) is 0 Å². The zero-order valence-electron chi connectivity index (χ0n) is 11.0.